The van der Waals surface area contributed by atoms with Gasteiger partial charge in [-0.3, -0.25) is 4.68 Å². The number of hydrogen-bond donors (Lipinski definition) is 1. The third-order valence-corrected chi connectivity index (χ3v) is 2.98. The third-order valence-electron chi connectivity index (χ3n) is 2.98. The van der Waals surface area contributed by atoms with E-state index in [-0.39, 0.29) is 0 Å². The number of nitrogens with zero attached hydrogens (tertiary/aromatic N) is 2. The number of nitrogen functional groups attached to an aromatic ring is 1. The van der Waals surface area contributed by atoms with Crippen LogP contribution in [0.3, 0.4) is 0 Å². The maximum Gasteiger partial charge on any atom is 0.121 e. The van der Waals surface area contributed by atoms with Gasteiger partial charge in [-0.2, -0.15) is 5.10 Å². The zero-order valence-corrected chi connectivity index (χ0v) is 9.59. The molecule has 0 fully saturated rings. The lowest BCUT2D eigenvalue weighted by molar-refractivity contribution is 0.782. The van der Waals surface area contributed by atoms with Crippen molar-refractivity contribution in [3.8, 4) is 11.3 Å². The van der Waals surface area contributed by atoms with Crippen molar-refractivity contribution in [2.45, 2.75) is 0 Å². The summed E-state index contributed by atoms with van der Waals surface area (Å²) in [6, 6.07) is 16.4. The fourth-order valence-corrected chi connectivity index (χ4v) is 2.06. The van der Waals surface area contributed by atoms with Crippen molar-refractivity contribution in [3.63, 3.8) is 0 Å². The molecule has 2 aromatic carbocycles. The van der Waals surface area contributed by atoms with Gasteiger partial charge in [0.2, 0.25) is 0 Å². The summed E-state index contributed by atoms with van der Waals surface area (Å²) in [6.07, 6.45) is 0. The molecule has 3 aromatic rings. The average molecular weight is 223 g/mol. The van der Waals surface area contributed by atoms with Crippen LogP contribution in [0.25, 0.3) is 22.0 Å². The van der Waals surface area contributed by atoms with Crippen molar-refractivity contribution in [1.82, 2.24) is 9.78 Å². The van der Waals surface area contributed by atoms with Gasteiger partial charge in [0.25, 0.3) is 0 Å². The maximum absolute atomic E-state index is 5.82. The van der Waals surface area contributed by atoms with Crippen molar-refractivity contribution in [3.05, 3.63) is 48.5 Å². The normalized spacial score (nSPS) is 10.9. The lowest BCUT2D eigenvalue weighted by Gasteiger charge is -2.03. The standard InChI is InChI=1S/C14H13N3/c1-17-14(15)9-13(16-17)12-8-4-6-10-5-2-3-7-11(10)12/h2-9H,15H2,1H3. The Balaban J connectivity index is 2.30. The van der Waals surface area contributed by atoms with E-state index in [9.17, 15) is 0 Å². The summed E-state index contributed by atoms with van der Waals surface area (Å²) < 4.78 is 1.69. The van der Waals surface area contributed by atoms with Crippen molar-refractivity contribution in [1.29, 1.82) is 0 Å². The predicted octanol–water partition coefficient (Wildman–Crippen LogP) is 2.82. The van der Waals surface area contributed by atoms with E-state index in [4.69, 9.17) is 5.73 Å². The molecule has 0 aliphatic carbocycles. The summed E-state index contributed by atoms with van der Waals surface area (Å²) in [6.45, 7) is 0. The van der Waals surface area contributed by atoms with E-state index >= 15 is 0 Å². The van der Waals surface area contributed by atoms with Crippen LogP contribution in [0.2, 0.25) is 0 Å². The number of fused-ring (bicyclic) bond motifs is 1. The van der Waals surface area contributed by atoms with E-state index in [0.717, 1.165) is 11.3 Å². The molecule has 0 amide bonds. The van der Waals surface area contributed by atoms with Crippen LogP contribution >= 0.6 is 0 Å². The van der Waals surface area contributed by atoms with Gasteiger partial charge in [0.1, 0.15) is 5.82 Å². The van der Waals surface area contributed by atoms with Gasteiger partial charge in [0.15, 0.2) is 0 Å². The molecular weight excluding hydrogens is 210 g/mol. The second kappa shape index (κ2) is 3.63. The molecule has 1 heterocycles. The Bertz CT molecular complexity index is 658. The Hall–Kier alpha value is -2.29. The quantitative estimate of drug-likeness (QED) is 0.689. The minimum Gasteiger partial charge on any atom is -0.384 e. The smallest absolute Gasteiger partial charge is 0.121 e. The monoisotopic (exact) mass is 223 g/mol. The molecule has 0 atom stereocenters. The molecule has 3 rings (SSSR count). The molecule has 0 spiro atoms. The number of nitrogens with two attached hydrogens (primary N) is 1. The number of hydrogen-bond acceptors (Lipinski definition) is 2. The molecule has 0 unspecified atom stereocenters. The summed E-state index contributed by atoms with van der Waals surface area (Å²) in [5, 5.41) is 6.84. The van der Waals surface area contributed by atoms with Crippen LogP contribution < -0.4 is 5.73 Å². The summed E-state index contributed by atoms with van der Waals surface area (Å²) in [4.78, 5) is 0. The molecule has 0 bridgehead atoms. The predicted molar refractivity (Wildman–Crippen MR) is 70.6 cm³/mol. The van der Waals surface area contributed by atoms with Gasteiger partial charge in [0, 0.05) is 18.7 Å². The zero-order chi connectivity index (χ0) is 11.8. The average Bonchev–Trinajstić information content (AvgIpc) is 2.69. The van der Waals surface area contributed by atoms with Crippen LogP contribution in [-0.4, -0.2) is 9.78 Å². The van der Waals surface area contributed by atoms with E-state index in [2.05, 4.69) is 29.4 Å². The lowest BCUT2D eigenvalue weighted by atomic mass is 10.0. The van der Waals surface area contributed by atoms with Crippen LogP contribution in [0.15, 0.2) is 48.5 Å². The van der Waals surface area contributed by atoms with Crippen LogP contribution in [0.4, 0.5) is 5.82 Å². The van der Waals surface area contributed by atoms with Gasteiger partial charge in [-0.1, -0.05) is 42.5 Å². The Morgan fingerprint density at radius 2 is 1.82 bits per heavy atom. The fraction of sp³-hybridized carbons (Fsp3) is 0.0714. The molecule has 1 aromatic heterocycles. The summed E-state index contributed by atoms with van der Waals surface area (Å²) in [5.74, 6) is 0.674. The van der Waals surface area contributed by atoms with Gasteiger partial charge in [0.05, 0.1) is 5.69 Å². The zero-order valence-electron chi connectivity index (χ0n) is 9.59. The lowest BCUT2D eigenvalue weighted by Crippen LogP contribution is -1.96. The molecule has 2 N–H and O–H groups in total. The van der Waals surface area contributed by atoms with Gasteiger partial charge in [-0.25, -0.2) is 0 Å². The summed E-state index contributed by atoms with van der Waals surface area (Å²) in [7, 11) is 1.85. The van der Waals surface area contributed by atoms with Gasteiger partial charge < -0.3 is 5.73 Å². The van der Waals surface area contributed by atoms with E-state index in [1.807, 2.05) is 31.3 Å². The first-order chi connectivity index (χ1) is 8.25. The maximum atomic E-state index is 5.82. The molecular formula is C14H13N3. The fourth-order valence-electron chi connectivity index (χ4n) is 2.06. The molecule has 0 saturated heterocycles. The highest BCUT2D eigenvalue weighted by molar-refractivity contribution is 5.95. The van der Waals surface area contributed by atoms with Crippen molar-refractivity contribution >= 4 is 16.6 Å². The SMILES string of the molecule is Cn1nc(-c2cccc3ccccc23)cc1N. The number of aryl methyl sites for hydroxylation is 1. The minimum absolute atomic E-state index is 0.674. The second-order valence-corrected chi connectivity index (χ2v) is 4.10. The van der Waals surface area contributed by atoms with E-state index < -0.39 is 0 Å². The van der Waals surface area contributed by atoms with Crippen LogP contribution in [-0.2, 0) is 7.05 Å². The molecule has 0 radical (unpaired) electrons. The number of rotatable bonds is 1. The highest BCUT2D eigenvalue weighted by Gasteiger charge is 2.07. The highest BCUT2D eigenvalue weighted by atomic mass is 15.3. The Labute approximate surface area is 99.5 Å². The van der Waals surface area contributed by atoms with E-state index in [0.29, 0.717) is 5.82 Å². The highest BCUT2D eigenvalue weighted by Crippen LogP contribution is 2.28. The van der Waals surface area contributed by atoms with Gasteiger partial charge in [-0.15, -0.1) is 0 Å². The van der Waals surface area contributed by atoms with Crippen LogP contribution in [0.5, 0.6) is 0 Å². The molecule has 3 nitrogen and oxygen atoms in total. The molecule has 17 heavy (non-hydrogen) atoms. The van der Waals surface area contributed by atoms with Crippen molar-refractivity contribution in [2.75, 3.05) is 5.73 Å². The Kier molecular flexibility index (Phi) is 2.11. The molecule has 3 heteroatoms. The first kappa shape index (κ1) is 9.90. The molecule has 0 saturated carbocycles. The van der Waals surface area contributed by atoms with E-state index in [1.54, 1.807) is 4.68 Å². The summed E-state index contributed by atoms with van der Waals surface area (Å²) in [5.41, 5.74) is 7.86. The topological polar surface area (TPSA) is 43.8 Å². The third kappa shape index (κ3) is 1.56. The van der Waals surface area contributed by atoms with Crippen molar-refractivity contribution < 1.29 is 0 Å². The number of aromatic nitrogens is 2. The number of anilines is 1. The first-order valence-corrected chi connectivity index (χ1v) is 5.53. The van der Waals surface area contributed by atoms with Crippen molar-refractivity contribution in [2.24, 2.45) is 7.05 Å². The molecule has 0 aliphatic rings. The van der Waals surface area contributed by atoms with Gasteiger partial charge >= 0.3 is 0 Å². The van der Waals surface area contributed by atoms with E-state index in [1.165, 1.54) is 10.8 Å². The minimum atomic E-state index is 0.674. The van der Waals surface area contributed by atoms with Gasteiger partial charge in [-0.05, 0) is 10.8 Å². The Morgan fingerprint density at radius 3 is 2.59 bits per heavy atom. The Morgan fingerprint density at radius 1 is 1.06 bits per heavy atom. The largest absolute Gasteiger partial charge is 0.384 e. The second-order valence-electron chi connectivity index (χ2n) is 4.10. The molecule has 84 valence electrons. The molecule has 0 aliphatic heterocycles. The first-order valence-electron chi connectivity index (χ1n) is 5.53. The number of benzene rings is 2. The van der Waals surface area contributed by atoms with Crippen LogP contribution in [0.1, 0.15) is 0 Å². The van der Waals surface area contributed by atoms with Crippen LogP contribution in [0, 0.1) is 0 Å². The summed E-state index contributed by atoms with van der Waals surface area (Å²) >= 11 is 0.